The third-order valence-electron chi connectivity index (χ3n) is 4.62. The molecule has 4 nitrogen and oxygen atoms in total. The van der Waals surface area contributed by atoms with Crippen LogP contribution in [0.15, 0.2) is 46.3 Å². The number of anilines is 1. The largest absolute Gasteiger partial charge is 0.417 e. The van der Waals surface area contributed by atoms with E-state index < -0.39 is 35.4 Å². The molecule has 2 heterocycles. The van der Waals surface area contributed by atoms with Crippen molar-refractivity contribution in [2.75, 3.05) is 5.32 Å². The Kier molecular flexibility index (Phi) is 5.57. The minimum atomic E-state index is -4.57. The van der Waals surface area contributed by atoms with E-state index in [-0.39, 0.29) is 26.7 Å². The van der Waals surface area contributed by atoms with Crippen LogP contribution in [0.3, 0.4) is 0 Å². The normalized spacial score (nSPS) is 15.5. The van der Waals surface area contributed by atoms with Crippen LogP contribution in [0.25, 0.3) is 0 Å². The summed E-state index contributed by atoms with van der Waals surface area (Å²) >= 11 is 10.1. The number of carbonyl (C=O) groups excluding carboxylic acids is 2. The molecule has 4 rings (SSSR count). The number of benzene rings is 2. The van der Waals surface area contributed by atoms with Gasteiger partial charge in [-0.05, 0) is 36.4 Å². The van der Waals surface area contributed by atoms with Crippen LogP contribution in [0.4, 0.5) is 23.2 Å². The van der Waals surface area contributed by atoms with Gasteiger partial charge < -0.3 is 10.6 Å². The summed E-state index contributed by atoms with van der Waals surface area (Å²) < 4.78 is 52.9. The lowest BCUT2D eigenvalue weighted by Gasteiger charge is -2.18. The molecule has 0 radical (unpaired) electrons. The number of halogens is 6. The van der Waals surface area contributed by atoms with Gasteiger partial charge in [-0.15, -0.1) is 11.3 Å². The van der Waals surface area contributed by atoms with E-state index in [1.54, 1.807) is 0 Å². The minimum absolute atomic E-state index is 0.154. The molecule has 0 saturated carbocycles. The fourth-order valence-corrected chi connectivity index (χ4v) is 4.75. The van der Waals surface area contributed by atoms with Gasteiger partial charge in [-0.2, -0.15) is 13.2 Å². The number of alkyl halides is 3. The molecule has 2 amide bonds. The van der Waals surface area contributed by atoms with Crippen LogP contribution in [0.2, 0.25) is 5.02 Å². The van der Waals surface area contributed by atoms with E-state index in [0.717, 1.165) is 11.4 Å². The molecule has 0 aliphatic carbocycles. The van der Waals surface area contributed by atoms with E-state index >= 15 is 0 Å². The fraction of sp³-hybridized carbons (Fsp3) is 0.100. The van der Waals surface area contributed by atoms with E-state index in [0.29, 0.717) is 21.4 Å². The van der Waals surface area contributed by atoms with Gasteiger partial charge in [0, 0.05) is 37.3 Å². The Morgan fingerprint density at radius 3 is 2.61 bits per heavy atom. The number of hydrogen-bond acceptors (Lipinski definition) is 3. The van der Waals surface area contributed by atoms with Gasteiger partial charge in [-0.25, -0.2) is 4.39 Å². The molecule has 3 aromatic rings. The monoisotopic (exact) mass is 532 g/mol. The van der Waals surface area contributed by atoms with E-state index in [1.807, 2.05) is 0 Å². The van der Waals surface area contributed by atoms with Crippen LogP contribution >= 0.6 is 38.9 Å². The molecule has 0 fully saturated rings. The zero-order valence-corrected chi connectivity index (χ0v) is 18.3. The highest BCUT2D eigenvalue weighted by atomic mass is 79.9. The third kappa shape index (κ3) is 4.19. The van der Waals surface area contributed by atoms with Crippen LogP contribution in [-0.4, -0.2) is 11.8 Å². The van der Waals surface area contributed by atoms with Crippen LogP contribution in [-0.2, 0) is 6.18 Å². The molecule has 1 unspecified atom stereocenters. The second kappa shape index (κ2) is 7.92. The first kappa shape index (κ1) is 21.8. The molecule has 0 saturated heterocycles. The Balaban J connectivity index is 1.76. The second-order valence-corrected chi connectivity index (χ2v) is 8.87. The van der Waals surface area contributed by atoms with Crippen LogP contribution in [0, 0.1) is 5.82 Å². The molecule has 11 heteroatoms. The van der Waals surface area contributed by atoms with Gasteiger partial charge in [-0.3, -0.25) is 9.59 Å². The Labute approximate surface area is 190 Å². The predicted octanol–water partition coefficient (Wildman–Crippen LogP) is 6.41. The molecular weight excluding hydrogens is 524 g/mol. The number of thiophene rings is 1. The first-order chi connectivity index (χ1) is 14.5. The van der Waals surface area contributed by atoms with Crippen molar-refractivity contribution in [3.8, 4) is 0 Å². The molecule has 1 aromatic heterocycles. The molecule has 1 aliphatic rings. The average molecular weight is 534 g/mol. The zero-order valence-electron chi connectivity index (χ0n) is 15.1. The Morgan fingerprint density at radius 1 is 1.19 bits per heavy atom. The van der Waals surface area contributed by atoms with Crippen LogP contribution < -0.4 is 10.6 Å². The van der Waals surface area contributed by atoms with E-state index in [2.05, 4.69) is 26.6 Å². The van der Waals surface area contributed by atoms with Gasteiger partial charge in [0.2, 0.25) is 0 Å². The molecule has 1 atom stereocenters. The number of fused-ring (bicyclic) bond motifs is 1. The van der Waals surface area contributed by atoms with Gasteiger partial charge >= 0.3 is 6.18 Å². The summed E-state index contributed by atoms with van der Waals surface area (Å²) in [6.07, 6.45) is -4.57. The molecule has 0 spiro atoms. The van der Waals surface area contributed by atoms with Crippen LogP contribution in [0.1, 0.15) is 42.8 Å². The number of hydrogen-bond donors (Lipinski definition) is 2. The van der Waals surface area contributed by atoms with Gasteiger partial charge in [-0.1, -0.05) is 27.5 Å². The Hall–Kier alpha value is -2.43. The molecule has 2 aromatic carbocycles. The fourth-order valence-electron chi connectivity index (χ4n) is 3.26. The third-order valence-corrected chi connectivity index (χ3v) is 6.35. The quantitative estimate of drug-likeness (QED) is 0.383. The number of carbonyl (C=O) groups is 2. The highest BCUT2D eigenvalue weighted by Crippen LogP contribution is 2.41. The lowest BCUT2D eigenvalue weighted by molar-refractivity contribution is -0.137. The molecular formula is C20H10BrClF4N2O2S. The SMILES string of the molecule is O=C(Nc1cc(Br)cc2c1C(c1cc(F)ccc1Cl)NC2=O)c1cc(C(F)(F)F)cs1. The topological polar surface area (TPSA) is 58.2 Å². The Morgan fingerprint density at radius 2 is 1.94 bits per heavy atom. The van der Waals surface area contributed by atoms with Crippen molar-refractivity contribution >= 4 is 56.4 Å². The van der Waals surface area contributed by atoms with Gasteiger partial charge in [0.25, 0.3) is 11.8 Å². The number of rotatable bonds is 3. The van der Waals surface area contributed by atoms with E-state index in [1.165, 1.54) is 30.3 Å². The average Bonchev–Trinajstić information content (AvgIpc) is 3.29. The number of nitrogens with one attached hydrogen (secondary N) is 2. The highest BCUT2D eigenvalue weighted by Gasteiger charge is 2.35. The summed E-state index contributed by atoms with van der Waals surface area (Å²) in [4.78, 5) is 25.0. The molecule has 31 heavy (non-hydrogen) atoms. The molecule has 1 aliphatic heterocycles. The van der Waals surface area contributed by atoms with Crippen molar-refractivity contribution in [1.29, 1.82) is 0 Å². The summed E-state index contributed by atoms with van der Waals surface area (Å²) in [7, 11) is 0. The Bertz CT molecular complexity index is 1230. The van der Waals surface area contributed by atoms with Gasteiger partial charge in [0.15, 0.2) is 0 Å². The maximum Gasteiger partial charge on any atom is 0.417 e. The van der Waals surface area contributed by atoms with Gasteiger partial charge in [0.05, 0.1) is 16.5 Å². The standard InChI is InChI=1S/C20H10BrClF4N2O2S/c21-9-4-12-16(17(28-18(12)29)11-6-10(23)1-2-13(11)22)14(5-9)27-19(30)15-3-8(7-31-15)20(24,25)26/h1-7,17H,(H,27,30)(H,28,29). The van der Waals surface area contributed by atoms with Crippen molar-refractivity contribution < 1.29 is 27.2 Å². The van der Waals surface area contributed by atoms with Crippen molar-refractivity contribution in [2.45, 2.75) is 12.2 Å². The van der Waals surface area contributed by atoms with Crippen molar-refractivity contribution in [2.24, 2.45) is 0 Å². The van der Waals surface area contributed by atoms with Crippen LogP contribution in [0.5, 0.6) is 0 Å². The lowest BCUT2D eigenvalue weighted by Crippen LogP contribution is -2.21. The zero-order chi connectivity index (χ0) is 22.5. The maximum absolute atomic E-state index is 13.8. The first-order valence-corrected chi connectivity index (χ1v) is 10.7. The second-order valence-electron chi connectivity index (χ2n) is 6.64. The summed E-state index contributed by atoms with van der Waals surface area (Å²) in [6, 6.07) is 6.62. The molecule has 160 valence electrons. The summed E-state index contributed by atoms with van der Waals surface area (Å²) in [5.41, 5.74) is 0.0873. The van der Waals surface area contributed by atoms with Crippen molar-refractivity contribution in [1.82, 2.24) is 5.32 Å². The first-order valence-electron chi connectivity index (χ1n) is 8.61. The maximum atomic E-state index is 13.8. The van der Waals surface area contributed by atoms with Crippen molar-refractivity contribution in [3.63, 3.8) is 0 Å². The molecule has 0 bridgehead atoms. The minimum Gasteiger partial charge on any atom is -0.341 e. The lowest BCUT2D eigenvalue weighted by atomic mass is 9.96. The van der Waals surface area contributed by atoms with E-state index in [4.69, 9.17) is 11.6 Å². The molecule has 2 N–H and O–H groups in total. The summed E-state index contributed by atoms with van der Waals surface area (Å²) in [5.74, 6) is -1.81. The highest BCUT2D eigenvalue weighted by molar-refractivity contribution is 9.10. The summed E-state index contributed by atoms with van der Waals surface area (Å²) in [5, 5.41) is 6.31. The number of amides is 2. The predicted molar refractivity (Wildman–Crippen MR) is 112 cm³/mol. The smallest absolute Gasteiger partial charge is 0.341 e. The van der Waals surface area contributed by atoms with E-state index in [9.17, 15) is 27.2 Å². The van der Waals surface area contributed by atoms with Crippen molar-refractivity contribution in [3.05, 3.63) is 84.2 Å². The summed E-state index contributed by atoms with van der Waals surface area (Å²) in [6.45, 7) is 0. The van der Waals surface area contributed by atoms with Gasteiger partial charge in [0.1, 0.15) is 5.82 Å².